The van der Waals surface area contributed by atoms with Crippen molar-refractivity contribution in [3.05, 3.63) is 0 Å². The molecule has 1 fully saturated rings. The van der Waals surface area contributed by atoms with Crippen LogP contribution in [0.1, 0.15) is 33.6 Å². The van der Waals surface area contributed by atoms with E-state index in [2.05, 4.69) is 0 Å². The summed E-state index contributed by atoms with van der Waals surface area (Å²) >= 11 is 0. The van der Waals surface area contributed by atoms with E-state index in [4.69, 9.17) is 14.2 Å². The van der Waals surface area contributed by atoms with E-state index in [0.717, 1.165) is 12.8 Å². The lowest BCUT2D eigenvalue weighted by Crippen LogP contribution is -2.60. The highest BCUT2D eigenvalue weighted by Crippen LogP contribution is 2.28. The second kappa shape index (κ2) is 6.97. The summed E-state index contributed by atoms with van der Waals surface area (Å²) in [6.07, 6.45) is -3.09. The molecule has 1 rings (SSSR count). The Labute approximate surface area is 114 Å². The van der Waals surface area contributed by atoms with Crippen molar-refractivity contribution in [1.82, 2.24) is 0 Å². The third-order valence-electron chi connectivity index (χ3n) is 3.38. The molecule has 1 heterocycles. The molecule has 0 aromatic rings. The second-order valence-electron chi connectivity index (χ2n) is 5.53. The van der Waals surface area contributed by atoms with Crippen LogP contribution in [0, 0.1) is 0 Å². The maximum Gasteiger partial charge on any atom is 0.187 e. The number of aliphatic hydroxyl groups is 3. The fourth-order valence-corrected chi connectivity index (χ4v) is 2.42. The first-order valence-corrected chi connectivity index (χ1v) is 6.69. The van der Waals surface area contributed by atoms with Gasteiger partial charge in [-0.15, -0.1) is 0 Å². The Bertz CT molecular complexity index is 268. The first-order valence-electron chi connectivity index (χ1n) is 6.69. The van der Waals surface area contributed by atoms with Gasteiger partial charge in [0.15, 0.2) is 6.29 Å². The average Bonchev–Trinajstić information content (AvgIpc) is 2.34. The van der Waals surface area contributed by atoms with Crippen molar-refractivity contribution < 1.29 is 29.5 Å². The molecular formula is C13H26O6. The molecule has 3 N–H and O–H groups in total. The minimum atomic E-state index is -1.20. The van der Waals surface area contributed by atoms with Gasteiger partial charge in [0.2, 0.25) is 0 Å². The summed E-state index contributed by atoms with van der Waals surface area (Å²) in [6.45, 7) is 5.52. The van der Waals surface area contributed by atoms with Gasteiger partial charge in [-0.2, -0.15) is 0 Å². The molecular weight excluding hydrogens is 252 g/mol. The van der Waals surface area contributed by atoms with Gasteiger partial charge in [0.25, 0.3) is 0 Å². The molecule has 0 bridgehead atoms. The topological polar surface area (TPSA) is 88.4 Å². The van der Waals surface area contributed by atoms with Crippen LogP contribution in [0.4, 0.5) is 0 Å². The Hall–Kier alpha value is -0.240. The minimum Gasteiger partial charge on any atom is -0.394 e. The molecule has 0 aromatic heterocycles. The molecule has 5 unspecified atom stereocenters. The van der Waals surface area contributed by atoms with Crippen molar-refractivity contribution in [2.45, 2.75) is 69.9 Å². The van der Waals surface area contributed by atoms with Gasteiger partial charge in [-0.3, -0.25) is 0 Å². The van der Waals surface area contributed by atoms with Gasteiger partial charge >= 0.3 is 0 Å². The van der Waals surface area contributed by atoms with Crippen molar-refractivity contribution in [3.8, 4) is 0 Å². The molecule has 1 aliphatic rings. The van der Waals surface area contributed by atoms with E-state index in [-0.39, 0.29) is 6.61 Å². The molecule has 0 saturated carbocycles. The summed E-state index contributed by atoms with van der Waals surface area (Å²) in [6, 6.07) is 0. The highest BCUT2D eigenvalue weighted by Gasteiger charge is 2.46. The monoisotopic (exact) mass is 278 g/mol. The average molecular weight is 278 g/mol. The van der Waals surface area contributed by atoms with E-state index in [0.29, 0.717) is 0 Å². The Balaban J connectivity index is 2.74. The summed E-state index contributed by atoms with van der Waals surface area (Å²) in [5.74, 6) is 0. The molecule has 0 aromatic carbocycles. The number of aliphatic hydroxyl groups excluding tert-OH is 3. The largest absolute Gasteiger partial charge is 0.394 e. The molecule has 5 atom stereocenters. The van der Waals surface area contributed by atoms with Gasteiger partial charge < -0.3 is 29.5 Å². The Morgan fingerprint density at radius 1 is 1.21 bits per heavy atom. The van der Waals surface area contributed by atoms with E-state index >= 15 is 0 Å². The lowest BCUT2D eigenvalue weighted by Gasteiger charge is -2.43. The molecule has 19 heavy (non-hydrogen) atoms. The maximum atomic E-state index is 10.0. The van der Waals surface area contributed by atoms with Crippen molar-refractivity contribution in [3.63, 3.8) is 0 Å². The van der Waals surface area contributed by atoms with Gasteiger partial charge in [0, 0.05) is 7.11 Å². The lowest BCUT2D eigenvalue weighted by molar-refractivity contribution is -0.326. The first kappa shape index (κ1) is 16.8. The van der Waals surface area contributed by atoms with Crippen LogP contribution in [-0.2, 0) is 14.2 Å². The maximum absolute atomic E-state index is 10.0. The van der Waals surface area contributed by atoms with E-state index < -0.39 is 36.3 Å². The number of hydrogen-bond donors (Lipinski definition) is 3. The molecule has 1 aliphatic heterocycles. The highest BCUT2D eigenvalue weighted by molar-refractivity contribution is 4.90. The highest BCUT2D eigenvalue weighted by atomic mass is 16.7. The molecule has 114 valence electrons. The van der Waals surface area contributed by atoms with E-state index in [9.17, 15) is 15.3 Å². The minimum absolute atomic E-state index is 0.309. The standard InChI is InChI=1S/C13H26O6/c1-5-6-13(2,3)19-12-10(16)9(15)11(17-4)8(7-14)18-12/h8-12,14-16H,5-7H2,1-4H3. The molecule has 0 radical (unpaired) electrons. The summed E-state index contributed by atoms with van der Waals surface area (Å²) in [5.41, 5.74) is -0.472. The lowest BCUT2D eigenvalue weighted by atomic mass is 9.98. The van der Waals surface area contributed by atoms with E-state index in [1.807, 2.05) is 20.8 Å². The van der Waals surface area contributed by atoms with Crippen molar-refractivity contribution in [2.75, 3.05) is 13.7 Å². The summed E-state index contributed by atoms with van der Waals surface area (Å²) in [5, 5.41) is 29.3. The number of rotatable bonds is 6. The first-order chi connectivity index (χ1) is 8.86. The SMILES string of the molecule is CCCC(C)(C)OC1OC(CO)C(OC)C(O)C1O. The van der Waals surface area contributed by atoms with Crippen LogP contribution in [0.25, 0.3) is 0 Å². The van der Waals surface area contributed by atoms with Crippen LogP contribution in [0.15, 0.2) is 0 Å². The molecule has 6 nitrogen and oxygen atoms in total. The summed E-state index contributed by atoms with van der Waals surface area (Å²) in [4.78, 5) is 0. The summed E-state index contributed by atoms with van der Waals surface area (Å²) in [7, 11) is 1.40. The summed E-state index contributed by atoms with van der Waals surface area (Å²) < 4.78 is 16.3. The molecule has 1 saturated heterocycles. The third-order valence-corrected chi connectivity index (χ3v) is 3.38. The van der Waals surface area contributed by atoms with Gasteiger partial charge in [-0.1, -0.05) is 13.3 Å². The number of hydrogen-bond acceptors (Lipinski definition) is 6. The van der Waals surface area contributed by atoms with Gasteiger partial charge in [0.05, 0.1) is 12.2 Å². The van der Waals surface area contributed by atoms with E-state index in [1.165, 1.54) is 7.11 Å². The zero-order valence-corrected chi connectivity index (χ0v) is 12.1. The molecule has 0 amide bonds. The van der Waals surface area contributed by atoms with E-state index in [1.54, 1.807) is 0 Å². The molecule has 0 spiro atoms. The smallest absolute Gasteiger partial charge is 0.187 e. The zero-order chi connectivity index (χ0) is 14.6. The van der Waals surface area contributed by atoms with Crippen molar-refractivity contribution in [1.29, 1.82) is 0 Å². The van der Waals surface area contributed by atoms with Gasteiger partial charge in [0.1, 0.15) is 24.4 Å². The predicted octanol–water partition coefficient (Wildman–Crippen LogP) is 0.0357. The van der Waals surface area contributed by atoms with Crippen molar-refractivity contribution >= 4 is 0 Å². The van der Waals surface area contributed by atoms with Crippen LogP contribution in [-0.4, -0.2) is 65.3 Å². The van der Waals surface area contributed by atoms with Gasteiger partial charge in [-0.05, 0) is 20.3 Å². The van der Waals surface area contributed by atoms with Crippen LogP contribution < -0.4 is 0 Å². The van der Waals surface area contributed by atoms with Crippen LogP contribution in [0.3, 0.4) is 0 Å². The Morgan fingerprint density at radius 3 is 2.32 bits per heavy atom. The predicted molar refractivity (Wildman–Crippen MR) is 68.6 cm³/mol. The number of ether oxygens (including phenoxy) is 3. The van der Waals surface area contributed by atoms with Crippen LogP contribution >= 0.6 is 0 Å². The zero-order valence-electron chi connectivity index (χ0n) is 12.1. The second-order valence-corrected chi connectivity index (χ2v) is 5.53. The number of methoxy groups -OCH3 is 1. The third kappa shape index (κ3) is 4.11. The fourth-order valence-electron chi connectivity index (χ4n) is 2.42. The molecule has 0 aliphatic carbocycles. The molecule has 6 heteroatoms. The van der Waals surface area contributed by atoms with Gasteiger partial charge in [-0.25, -0.2) is 0 Å². The normalized spacial score (nSPS) is 36.5. The Morgan fingerprint density at radius 2 is 1.84 bits per heavy atom. The van der Waals surface area contributed by atoms with Crippen LogP contribution in [0.2, 0.25) is 0 Å². The van der Waals surface area contributed by atoms with Crippen molar-refractivity contribution in [2.24, 2.45) is 0 Å². The fraction of sp³-hybridized carbons (Fsp3) is 1.00. The van der Waals surface area contributed by atoms with Crippen LogP contribution in [0.5, 0.6) is 0 Å². The Kier molecular flexibility index (Phi) is 6.16. The quantitative estimate of drug-likeness (QED) is 0.635.